The molecule has 0 aliphatic carbocycles. The zero-order valence-electron chi connectivity index (χ0n) is 15.9. The maximum atomic E-state index is 12.6. The van der Waals surface area contributed by atoms with Crippen molar-refractivity contribution in [2.45, 2.75) is 77.9 Å². The number of hydrogen-bond donors (Lipinski definition) is 0. The molecule has 1 aliphatic heterocycles. The van der Waals surface area contributed by atoms with Crippen LogP contribution in [0.1, 0.15) is 66.7 Å². The minimum Gasteiger partial charge on any atom is -0.444 e. The molecule has 6 nitrogen and oxygen atoms in total. The maximum Gasteiger partial charge on any atom is 0.410 e. The van der Waals surface area contributed by atoms with Gasteiger partial charge in [0.15, 0.2) is 0 Å². The van der Waals surface area contributed by atoms with Crippen LogP contribution in [0, 0.1) is 5.92 Å². The highest BCUT2D eigenvalue weighted by atomic mass is 32.2. The number of carbonyl (C=O) groups excluding carboxylic acids is 1. The topological polar surface area (TPSA) is 72.9 Å². The number of ether oxygens (including phenoxy) is 1. The number of nitrogens with zero attached hydrogens (tertiary/aromatic N) is 1. The van der Waals surface area contributed by atoms with Gasteiger partial charge in [-0.15, -0.1) is 0 Å². The Bertz CT molecular complexity index is 526. The second kappa shape index (κ2) is 8.04. The minimum atomic E-state index is -3.38. The predicted octanol–water partition coefficient (Wildman–Crippen LogP) is 3.56. The summed E-state index contributed by atoms with van der Waals surface area (Å²) >= 11 is 0. The molecule has 2 unspecified atom stereocenters. The molecule has 1 amide bonds. The van der Waals surface area contributed by atoms with E-state index in [1.807, 2.05) is 25.7 Å². The predicted molar refractivity (Wildman–Crippen MR) is 94.4 cm³/mol. The van der Waals surface area contributed by atoms with Gasteiger partial charge in [-0.3, -0.25) is 4.18 Å². The molecule has 1 aliphatic rings. The Morgan fingerprint density at radius 3 is 2.46 bits per heavy atom. The van der Waals surface area contributed by atoms with E-state index in [-0.39, 0.29) is 18.2 Å². The largest absolute Gasteiger partial charge is 0.444 e. The molecular formula is C17H33NO5S. The van der Waals surface area contributed by atoms with Crippen molar-refractivity contribution in [3.8, 4) is 0 Å². The molecule has 1 fully saturated rings. The molecule has 0 bridgehead atoms. The van der Waals surface area contributed by atoms with Gasteiger partial charge in [0.25, 0.3) is 10.1 Å². The van der Waals surface area contributed by atoms with Gasteiger partial charge in [0, 0.05) is 12.1 Å². The summed E-state index contributed by atoms with van der Waals surface area (Å²) in [5, 5.41) is 0. The first kappa shape index (κ1) is 21.2. The molecule has 0 saturated carbocycles. The van der Waals surface area contributed by atoms with Gasteiger partial charge in [-0.2, -0.15) is 8.42 Å². The van der Waals surface area contributed by atoms with Crippen molar-refractivity contribution >= 4 is 16.2 Å². The van der Waals surface area contributed by atoms with Crippen LogP contribution in [0.4, 0.5) is 4.79 Å². The first-order chi connectivity index (χ1) is 10.9. The Hall–Kier alpha value is -0.820. The lowest BCUT2D eigenvalue weighted by Gasteiger charge is -2.36. The van der Waals surface area contributed by atoms with Gasteiger partial charge in [-0.05, 0) is 59.3 Å². The summed E-state index contributed by atoms with van der Waals surface area (Å²) in [6, 6.07) is 0. The third-order valence-corrected chi connectivity index (χ3v) is 4.87. The molecule has 2 atom stereocenters. The van der Waals surface area contributed by atoms with E-state index in [1.165, 1.54) is 0 Å². The standard InChI is InChI=1S/C17H33NO5S/c1-7-10-17(5)12-14(9-8-11-22-24(6,20)21)13-18(17)15(19)23-16(2,3)4/h14H,7-13H2,1-6H3. The number of likely N-dealkylation sites (tertiary alicyclic amines) is 1. The first-order valence-corrected chi connectivity index (χ1v) is 10.5. The lowest BCUT2D eigenvalue weighted by molar-refractivity contribution is 0.00904. The average Bonchev–Trinajstić information content (AvgIpc) is 2.69. The Morgan fingerprint density at radius 2 is 1.96 bits per heavy atom. The second-order valence-corrected chi connectivity index (χ2v) is 9.72. The van der Waals surface area contributed by atoms with Crippen LogP contribution < -0.4 is 0 Å². The van der Waals surface area contributed by atoms with Crippen LogP contribution in [-0.4, -0.2) is 50.0 Å². The monoisotopic (exact) mass is 363 g/mol. The molecule has 1 heterocycles. The molecule has 24 heavy (non-hydrogen) atoms. The molecular weight excluding hydrogens is 330 g/mol. The lowest BCUT2D eigenvalue weighted by Crippen LogP contribution is -2.47. The van der Waals surface area contributed by atoms with Gasteiger partial charge in [-0.25, -0.2) is 4.79 Å². The maximum absolute atomic E-state index is 12.6. The molecule has 0 aromatic rings. The Labute approximate surface area is 147 Å². The molecule has 1 rings (SSSR count). The number of rotatable bonds is 7. The quantitative estimate of drug-likeness (QED) is 0.511. The van der Waals surface area contributed by atoms with Gasteiger partial charge in [0.05, 0.1) is 12.9 Å². The van der Waals surface area contributed by atoms with E-state index in [1.54, 1.807) is 0 Å². The highest BCUT2D eigenvalue weighted by Gasteiger charge is 2.45. The van der Waals surface area contributed by atoms with E-state index in [9.17, 15) is 13.2 Å². The summed E-state index contributed by atoms with van der Waals surface area (Å²) in [5.41, 5.74) is -0.703. The van der Waals surface area contributed by atoms with E-state index < -0.39 is 15.7 Å². The highest BCUT2D eigenvalue weighted by molar-refractivity contribution is 7.85. The molecule has 7 heteroatoms. The van der Waals surface area contributed by atoms with Crippen LogP contribution in [0.25, 0.3) is 0 Å². The van der Waals surface area contributed by atoms with Crippen molar-refractivity contribution < 1.29 is 22.1 Å². The van der Waals surface area contributed by atoms with Gasteiger partial charge < -0.3 is 9.64 Å². The molecule has 0 radical (unpaired) electrons. The highest BCUT2D eigenvalue weighted by Crippen LogP contribution is 2.39. The zero-order valence-corrected chi connectivity index (χ0v) is 16.7. The van der Waals surface area contributed by atoms with Crippen molar-refractivity contribution in [3.63, 3.8) is 0 Å². The summed E-state index contributed by atoms with van der Waals surface area (Å²) in [6.45, 7) is 10.7. The smallest absolute Gasteiger partial charge is 0.410 e. The van der Waals surface area contributed by atoms with Crippen molar-refractivity contribution in [1.29, 1.82) is 0 Å². The van der Waals surface area contributed by atoms with Crippen LogP contribution in [0.2, 0.25) is 0 Å². The van der Waals surface area contributed by atoms with Crippen LogP contribution in [0.5, 0.6) is 0 Å². The van der Waals surface area contributed by atoms with Crippen LogP contribution in [0.15, 0.2) is 0 Å². The van der Waals surface area contributed by atoms with Crippen LogP contribution >= 0.6 is 0 Å². The number of amides is 1. The molecule has 0 aromatic carbocycles. The Kier molecular flexibility index (Phi) is 7.11. The SMILES string of the molecule is CCCC1(C)CC(CCCOS(C)(=O)=O)CN1C(=O)OC(C)(C)C. The van der Waals surface area contributed by atoms with Gasteiger partial charge in [-0.1, -0.05) is 13.3 Å². The Morgan fingerprint density at radius 1 is 1.33 bits per heavy atom. The summed E-state index contributed by atoms with van der Waals surface area (Å²) in [5.74, 6) is 0.345. The normalized spacial score (nSPS) is 25.1. The van der Waals surface area contributed by atoms with Gasteiger partial charge >= 0.3 is 6.09 Å². The van der Waals surface area contributed by atoms with Crippen LogP contribution in [-0.2, 0) is 19.0 Å². The van der Waals surface area contributed by atoms with E-state index >= 15 is 0 Å². The van der Waals surface area contributed by atoms with Crippen molar-refractivity contribution in [1.82, 2.24) is 4.90 Å². The summed E-state index contributed by atoms with van der Waals surface area (Å²) < 4.78 is 32.4. The van der Waals surface area contributed by atoms with E-state index in [0.29, 0.717) is 18.9 Å². The van der Waals surface area contributed by atoms with Gasteiger partial charge in [0.2, 0.25) is 0 Å². The Balaban J connectivity index is 2.65. The third-order valence-electron chi connectivity index (χ3n) is 4.28. The van der Waals surface area contributed by atoms with Crippen LogP contribution in [0.3, 0.4) is 0 Å². The van der Waals surface area contributed by atoms with E-state index in [2.05, 4.69) is 13.8 Å². The van der Waals surface area contributed by atoms with Crippen molar-refractivity contribution in [3.05, 3.63) is 0 Å². The fourth-order valence-electron chi connectivity index (χ4n) is 3.44. The third kappa shape index (κ3) is 6.97. The zero-order chi connectivity index (χ0) is 18.6. The second-order valence-electron chi connectivity index (χ2n) is 8.08. The molecule has 142 valence electrons. The molecule has 0 aromatic heterocycles. The molecule has 1 saturated heterocycles. The van der Waals surface area contributed by atoms with Gasteiger partial charge in [0.1, 0.15) is 5.60 Å². The number of carbonyl (C=O) groups is 1. The number of hydrogen-bond acceptors (Lipinski definition) is 5. The lowest BCUT2D eigenvalue weighted by atomic mass is 9.88. The van der Waals surface area contributed by atoms with E-state index in [0.717, 1.165) is 31.9 Å². The minimum absolute atomic E-state index is 0.195. The van der Waals surface area contributed by atoms with Crippen molar-refractivity contribution in [2.24, 2.45) is 5.92 Å². The van der Waals surface area contributed by atoms with E-state index in [4.69, 9.17) is 8.92 Å². The summed E-state index contributed by atoms with van der Waals surface area (Å²) in [6.07, 6.45) is 5.16. The fraction of sp³-hybridized carbons (Fsp3) is 0.941. The molecule has 0 N–H and O–H groups in total. The fourth-order valence-corrected chi connectivity index (χ4v) is 3.86. The average molecular weight is 364 g/mol. The summed E-state index contributed by atoms with van der Waals surface area (Å²) in [4.78, 5) is 14.4. The van der Waals surface area contributed by atoms with Crippen molar-refractivity contribution in [2.75, 3.05) is 19.4 Å². The molecule has 0 spiro atoms. The summed E-state index contributed by atoms with van der Waals surface area (Å²) in [7, 11) is -3.38. The first-order valence-electron chi connectivity index (χ1n) is 8.71.